The van der Waals surface area contributed by atoms with Crippen LogP contribution >= 0.6 is 11.5 Å². The van der Waals surface area contributed by atoms with Crippen molar-refractivity contribution in [3.63, 3.8) is 0 Å². The lowest BCUT2D eigenvalue weighted by molar-refractivity contribution is -0.119. The van der Waals surface area contributed by atoms with E-state index in [1.807, 2.05) is 13.8 Å². The quantitative estimate of drug-likeness (QED) is 0.561. The van der Waals surface area contributed by atoms with E-state index in [2.05, 4.69) is 15.0 Å². The predicted octanol–water partition coefficient (Wildman–Crippen LogP) is 2.75. The van der Waals surface area contributed by atoms with E-state index >= 15 is 4.39 Å². The maximum Gasteiger partial charge on any atom is 0.250 e. The Hall–Kier alpha value is -2.68. The molecule has 0 saturated heterocycles. The van der Waals surface area contributed by atoms with E-state index in [1.165, 1.54) is 12.1 Å². The molecule has 9 heteroatoms. The van der Waals surface area contributed by atoms with Gasteiger partial charge in [0.05, 0.1) is 22.6 Å². The highest BCUT2D eigenvalue weighted by Crippen LogP contribution is 2.31. The fourth-order valence-electron chi connectivity index (χ4n) is 2.47. The monoisotopic (exact) mass is 379 g/mol. The highest BCUT2D eigenvalue weighted by Gasteiger charge is 2.22. The lowest BCUT2D eigenvalue weighted by Gasteiger charge is -2.20. The largest absolute Gasteiger partial charge is 0.371 e. The molecule has 0 saturated carbocycles. The van der Waals surface area contributed by atoms with Gasteiger partial charge in [-0.25, -0.2) is 4.39 Å². The second-order valence-corrected chi connectivity index (χ2v) is 7.21. The lowest BCUT2D eigenvalue weighted by Crippen LogP contribution is -2.36. The molecular weight excluding hydrogens is 357 g/mol. The van der Waals surface area contributed by atoms with E-state index in [0.717, 1.165) is 17.2 Å². The molecule has 1 aromatic heterocycles. The second kappa shape index (κ2) is 8.13. The minimum absolute atomic E-state index is 0.00131. The Kier molecular flexibility index (Phi) is 6.14. The maximum absolute atomic E-state index is 15.0. The van der Waals surface area contributed by atoms with Crippen LogP contribution in [0.5, 0.6) is 0 Å². The van der Waals surface area contributed by atoms with Crippen LogP contribution in [0.3, 0.4) is 0 Å². The van der Waals surface area contributed by atoms with Crippen LogP contribution in [-0.4, -0.2) is 22.2 Å². The third-order valence-electron chi connectivity index (χ3n) is 3.66. The Morgan fingerprint density at radius 2 is 2.00 bits per heavy atom. The fraction of sp³-hybridized carbons (Fsp3) is 0.353. The molecular formula is C17H22FN5O2S. The number of rotatable bonds is 8. The average molecular weight is 379 g/mol. The number of hydrogen-bond acceptors (Lipinski definition) is 6. The van der Waals surface area contributed by atoms with Crippen molar-refractivity contribution in [1.82, 2.24) is 4.37 Å². The molecule has 0 aliphatic rings. The highest BCUT2D eigenvalue weighted by atomic mass is 32.1. The van der Waals surface area contributed by atoms with Crippen molar-refractivity contribution in [2.24, 2.45) is 17.4 Å². The first-order valence-corrected chi connectivity index (χ1v) is 8.84. The SMILES string of the molecule is Cc1cc(Nc2c(C(N)=O)ccc(NC(CC(C)C)C(N)=O)c2F)sn1. The summed E-state index contributed by atoms with van der Waals surface area (Å²) in [6, 6.07) is 3.76. The predicted molar refractivity (Wildman–Crippen MR) is 101 cm³/mol. The normalized spacial score (nSPS) is 12.0. The molecule has 0 bridgehead atoms. The molecule has 1 unspecified atom stereocenters. The van der Waals surface area contributed by atoms with Gasteiger partial charge in [0.2, 0.25) is 5.91 Å². The average Bonchev–Trinajstić information content (AvgIpc) is 2.94. The van der Waals surface area contributed by atoms with Gasteiger partial charge in [-0.2, -0.15) is 4.37 Å². The van der Waals surface area contributed by atoms with E-state index in [9.17, 15) is 9.59 Å². The van der Waals surface area contributed by atoms with Crippen molar-refractivity contribution in [3.05, 3.63) is 35.3 Å². The first kappa shape index (κ1) is 19.6. The number of halogens is 1. The van der Waals surface area contributed by atoms with Gasteiger partial charge < -0.3 is 22.1 Å². The molecule has 2 amide bonds. The van der Waals surface area contributed by atoms with Crippen molar-refractivity contribution in [2.75, 3.05) is 10.6 Å². The van der Waals surface area contributed by atoms with Gasteiger partial charge in [-0.3, -0.25) is 9.59 Å². The fourth-order valence-corrected chi connectivity index (χ4v) is 3.13. The standard InChI is InChI=1S/C17H22FN5O2S/c1-8(2)6-12(17(20)25)21-11-5-4-10(16(19)24)15(14(11)18)22-13-7-9(3)23-26-13/h4-5,7-8,12,21-22H,6H2,1-3H3,(H2,19,24)(H2,20,25). The summed E-state index contributed by atoms with van der Waals surface area (Å²) in [4.78, 5) is 23.3. The number of nitrogens with two attached hydrogens (primary N) is 2. The number of primary amides is 2. The molecule has 2 aromatic rings. The van der Waals surface area contributed by atoms with Crippen LogP contribution in [0.4, 0.5) is 20.8 Å². The Bertz CT molecular complexity index is 821. The lowest BCUT2D eigenvalue weighted by atomic mass is 10.0. The second-order valence-electron chi connectivity index (χ2n) is 6.40. The van der Waals surface area contributed by atoms with Crippen LogP contribution in [-0.2, 0) is 4.79 Å². The van der Waals surface area contributed by atoms with Gasteiger partial charge in [-0.1, -0.05) is 13.8 Å². The minimum Gasteiger partial charge on any atom is -0.371 e. The number of carbonyl (C=O) groups excluding carboxylic acids is 2. The number of benzene rings is 1. The molecule has 1 aromatic carbocycles. The number of aryl methyl sites for hydroxylation is 1. The summed E-state index contributed by atoms with van der Waals surface area (Å²) in [5, 5.41) is 6.24. The van der Waals surface area contributed by atoms with Crippen LogP contribution < -0.4 is 22.1 Å². The summed E-state index contributed by atoms with van der Waals surface area (Å²) in [7, 11) is 0. The molecule has 0 fully saturated rings. The molecule has 26 heavy (non-hydrogen) atoms. The first-order chi connectivity index (χ1) is 12.2. The van der Waals surface area contributed by atoms with E-state index in [-0.39, 0.29) is 22.9 Å². The molecule has 0 radical (unpaired) electrons. The van der Waals surface area contributed by atoms with Gasteiger partial charge in [0.1, 0.15) is 11.0 Å². The van der Waals surface area contributed by atoms with Crippen molar-refractivity contribution in [1.29, 1.82) is 0 Å². The Morgan fingerprint density at radius 1 is 1.31 bits per heavy atom. The van der Waals surface area contributed by atoms with Gasteiger partial charge >= 0.3 is 0 Å². The van der Waals surface area contributed by atoms with E-state index in [1.54, 1.807) is 13.0 Å². The van der Waals surface area contributed by atoms with Crippen molar-refractivity contribution < 1.29 is 14.0 Å². The van der Waals surface area contributed by atoms with Gasteiger partial charge in [-0.15, -0.1) is 0 Å². The molecule has 7 nitrogen and oxygen atoms in total. The molecule has 6 N–H and O–H groups in total. The third-order valence-corrected chi connectivity index (χ3v) is 4.46. The summed E-state index contributed by atoms with van der Waals surface area (Å²) < 4.78 is 19.2. The van der Waals surface area contributed by atoms with E-state index in [0.29, 0.717) is 11.4 Å². The van der Waals surface area contributed by atoms with Crippen molar-refractivity contribution in [2.45, 2.75) is 33.2 Å². The topological polar surface area (TPSA) is 123 Å². The van der Waals surface area contributed by atoms with Gasteiger partial charge in [-0.05, 0) is 49.0 Å². The van der Waals surface area contributed by atoms with Crippen LogP contribution in [0.2, 0.25) is 0 Å². The number of anilines is 3. The summed E-state index contributed by atoms with van der Waals surface area (Å²) in [5.74, 6) is -1.88. The molecule has 2 rings (SSSR count). The van der Waals surface area contributed by atoms with Crippen LogP contribution in [0.25, 0.3) is 0 Å². The third kappa shape index (κ3) is 4.69. The molecule has 1 atom stereocenters. The number of carbonyl (C=O) groups is 2. The van der Waals surface area contributed by atoms with Gasteiger partial charge in [0.15, 0.2) is 5.82 Å². The zero-order valence-electron chi connectivity index (χ0n) is 14.8. The Balaban J connectivity index is 2.40. The molecule has 140 valence electrons. The highest BCUT2D eigenvalue weighted by molar-refractivity contribution is 7.10. The van der Waals surface area contributed by atoms with Crippen LogP contribution in [0.15, 0.2) is 18.2 Å². The zero-order chi connectivity index (χ0) is 19.4. The molecule has 0 aliphatic carbocycles. The number of hydrogen-bond donors (Lipinski definition) is 4. The van der Waals surface area contributed by atoms with Gasteiger partial charge in [0, 0.05) is 0 Å². The van der Waals surface area contributed by atoms with Crippen molar-refractivity contribution >= 4 is 39.7 Å². The van der Waals surface area contributed by atoms with Crippen LogP contribution in [0, 0.1) is 18.7 Å². The Labute approximate surface area is 155 Å². The Morgan fingerprint density at radius 3 is 2.50 bits per heavy atom. The number of nitrogens with one attached hydrogen (secondary N) is 2. The zero-order valence-corrected chi connectivity index (χ0v) is 15.6. The number of aromatic nitrogens is 1. The molecule has 0 spiro atoms. The summed E-state index contributed by atoms with van der Waals surface area (Å²) in [5.41, 5.74) is 11.5. The van der Waals surface area contributed by atoms with Crippen molar-refractivity contribution in [3.8, 4) is 0 Å². The van der Waals surface area contributed by atoms with Crippen LogP contribution in [0.1, 0.15) is 36.3 Å². The smallest absolute Gasteiger partial charge is 0.250 e. The number of amides is 2. The molecule has 0 aliphatic heterocycles. The van der Waals surface area contributed by atoms with E-state index in [4.69, 9.17) is 11.5 Å². The van der Waals surface area contributed by atoms with Gasteiger partial charge in [0.25, 0.3) is 5.91 Å². The summed E-state index contributed by atoms with van der Waals surface area (Å²) in [6.45, 7) is 5.67. The summed E-state index contributed by atoms with van der Waals surface area (Å²) in [6.07, 6.45) is 0.448. The first-order valence-electron chi connectivity index (χ1n) is 8.07. The molecule has 1 heterocycles. The summed E-state index contributed by atoms with van der Waals surface area (Å²) >= 11 is 1.13. The number of nitrogens with zero attached hydrogens (tertiary/aromatic N) is 1. The maximum atomic E-state index is 15.0. The minimum atomic E-state index is -0.771. The van der Waals surface area contributed by atoms with E-state index < -0.39 is 23.7 Å².